The SMILES string of the molecule is CC1(C(=O)OCC(=O)Nc2cccc(C(=O)NC3CC3)c2)CC1(Cl)Cl. The molecule has 2 saturated carbocycles. The molecule has 1 aromatic carbocycles. The number of rotatable bonds is 6. The van der Waals surface area contributed by atoms with E-state index in [1.165, 1.54) is 0 Å². The van der Waals surface area contributed by atoms with Crippen LogP contribution in [-0.4, -0.2) is 34.8 Å². The fraction of sp³-hybridized carbons (Fsp3) is 0.471. The lowest BCUT2D eigenvalue weighted by atomic mass is 10.1. The minimum Gasteiger partial charge on any atom is -0.455 e. The molecule has 0 spiro atoms. The second kappa shape index (κ2) is 6.50. The Labute approximate surface area is 155 Å². The zero-order chi connectivity index (χ0) is 18.2. The van der Waals surface area contributed by atoms with Gasteiger partial charge in [0, 0.05) is 23.7 Å². The molecule has 2 amide bonds. The molecule has 2 N–H and O–H groups in total. The molecule has 3 rings (SSSR count). The molecule has 1 aromatic rings. The monoisotopic (exact) mass is 384 g/mol. The maximum Gasteiger partial charge on any atom is 0.315 e. The topological polar surface area (TPSA) is 84.5 Å². The number of alkyl halides is 2. The van der Waals surface area contributed by atoms with Gasteiger partial charge in [-0.05, 0) is 38.0 Å². The number of nitrogens with one attached hydrogen (secondary N) is 2. The predicted molar refractivity (Wildman–Crippen MR) is 93.7 cm³/mol. The van der Waals surface area contributed by atoms with Crippen molar-refractivity contribution in [2.75, 3.05) is 11.9 Å². The van der Waals surface area contributed by atoms with E-state index in [9.17, 15) is 14.4 Å². The molecule has 6 nitrogen and oxygen atoms in total. The number of carbonyl (C=O) groups excluding carboxylic acids is 3. The first-order valence-corrected chi connectivity index (χ1v) is 8.73. The summed E-state index contributed by atoms with van der Waals surface area (Å²) in [4.78, 5) is 35.9. The quantitative estimate of drug-likeness (QED) is 0.583. The summed E-state index contributed by atoms with van der Waals surface area (Å²) < 4.78 is 3.84. The van der Waals surface area contributed by atoms with E-state index in [0.717, 1.165) is 12.8 Å². The van der Waals surface area contributed by atoms with Gasteiger partial charge < -0.3 is 15.4 Å². The molecular weight excluding hydrogens is 367 g/mol. The van der Waals surface area contributed by atoms with Crippen molar-refractivity contribution in [3.8, 4) is 0 Å². The van der Waals surface area contributed by atoms with Crippen LogP contribution in [-0.2, 0) is 14.3 Å². The molecule has 1 atom stereocenters. The number of benzene rings is 1. The van der Waals surface area contributed by atoms with Crippen molar-refractivity contribution in [2.45, 2.75) is 36.6 Å². The highest BCUT2D eigenvalue weighted by atomic mass is 35.5. The third-order valence-corrected chi connectivity index (χ3v) is 5.47. The van der Waals surface area contributed by atoms with Gasteiger partial charge >= 0.3 is 5.97 Å². The van der Waals surface area contributed by atoms with Gasteiger partial charge in [-0.2, -0.15) is 0 Å². The largest absolute Gasteiger partial charge is 0.455 e. The summed E-state index contributed by atoms with van der Waals surface area (Å²) in [5.41, 5.74) is -0.0654. The van der Waals surface area contributed by atoms with Crippen LogP contribution in [0, 0.1) is 5.41 Å². The van der Waals surface area contributed by atoms with Crippen LogP contribution in [0.5, 0.6) is 0 Å². The van der Waals surface area contributed by atoms with Crippen LogP contribution in [0.15, 0.2) is 24.3 Å². The molecule has 0 aliphatic heterocycles. The summed E-state index contributed by atoms with van der Waals surface area (Å²) in [6.07, 6.45) is 2.29. The Bertz CT molecular complexity index is 733. The molecule has 2 aliphatic carbocycles. The lowest BCUT2D eigenvalue weighted by Gasteiger charge is -2.12. The van der Waals surface area contributed by atoms with Gasteiger partial charge in [0.2, 0.25) is 0 Å². The number of hydrogen-bond donors (Lipinski definition) is 2. The normalized spacial score (nSPS) is 23.5. The first-order chi connectivity index (χ1) is 11.7. The van der Waals surface area contributed by atoms with Crippen LogP contribution in [0.1, 0.15) is 36.5 Å². The van der Waals surface area contributed by atoms with E-state index in [1.807, 2.05) is 0 Å². The smallest absolute Gasteiger partial charge is 0.315 e. The van der Waals surface area contributed by atoms with E-state index >= 15 is 0 Å². The number of halogens is 2. The Hall–Kier alpha value is -1.79. The lowest BCUT2D eigenvalue weighted by molar-refractivity contribution is -0.152. The van der Waals surface area contributed by atoms with Crippen LogP contribution in [0.25, 0.3) is 0 Å². The van der Waals surface area contributed by atoms with E-state index in [1.54, 1.807) is 31.2 Å². The number of hydrogen-bond acceptors (Lipinski definition) is 4. The highest BCUT2D eigenvalue weighted by Gasteiger charge is 2.69. The standard InChI is InChI=1S/C17H18Cl2N2O4/c1-16(9-17(16,18)19)15(24)25-8-13(22)20-12-4-2-3-10(7-12)14(23)21-11-5-6-11/h2-4,7,11H,5-6,8-9H2,1H3,(H,20,22)(H,21,23). The number of amides is 2. The Morgan fingerprint density at radius 3 is 2.56 bits per heavy atom. The maximum absolute atomic E-state index is 12.0. The molecule has 134 valence electrons. The summed E-state index contributed by atoms with van der Waals surface area (Å²) in [6, 6.07) is 6.82. The lowest BCUT2D eigenvalue weighted by Crippen LogP contribution is -2.27. The molecule has 2 fully saturated rings. The van der Waals surface area contributed by atoms with Crippen LogP contribution < -0.4 is 10.6 Å². The van der Waals surface area contributed by atoms with E-state index in [-0.39, 0.29) is 11.9 Å². The number of esters is 1. The van der Waals surface area contributed by atoms with Crippen molar-refractivity contribution in [3.63, 3.8) is 0 Å². The zero-order valence-corrected chi connectivity index (χ0v) is 15.1. The maximum atomic E-state index is 12.0. The van der Waals surface area contributed by atoms with Crippen molar-refractivity contribution >= 4 is 46.7 Å². The van der Waals surface area contributed by atoms with Gasteiger partial charge in [-0.25, -0.2) is 0 Å². The number of ether oxygens (including phenoxy) is 1. The Balaban J connectivity index is 1.51. The summed E-state index contributed by atoms with van der Waals surface area (Å²) in [5, 5.41) is 5.47. The highest BCUT2D eigenvalue weighted by Crippen LogP contribution is 2.64. The molecule has 25 heavy (non-hydrogen) atoms. The third-order valence-electron chi connectivity index (χ3n) is 4.36. The van der Waals surface area contributed by atoms with Crippen LogP contribution >= 0.6 is 23.2 Å². The van der Waals surface area contributed by atoms with Gasteiger partial charge in [0.15, 0.2) is 6.61 Å². The predicted octanol–water partition coefficient (Wildman–Crippen LogP) is 2.64. The van der Waals surface area contributed by atoms with Gasteiger partial charge in [0.1, 0.15) is 9.75 Å². The second-order valence-corrected chi connectivity index (χ2v) is 8.15. The fourth-order valence-corrected chi connectivity index (χ4v) is 3.03. The van der Waals surface area contributed by atoms with Crippen molar-refractivity contribution < 1.29 is 19.1 Å². The Morgan fingerprint density at radius 1 is 1.28 bits per heavy atom. The first-order valence-electron chi connectivity index (χ1n) is 7.97. The van der Waals surface area contributed by atoms with Crippen LogP contribution in [0.3, 0.4) is 0 Å². The Morgan fingerprint density at radius 2 is 1.96 bits per heavy atom. The van der Waals surface area contributed by atoms with Crippen molar-refractivity contribution in [1.82, 2.24) is 5.32 Å². The minimum atomic E-state index is -1.14. The van der Waals surface area contributed by atoms with Crippen molar-refractivity contribution in [3.05, 3.63) is 29.8 Å². The van der Waals surface area contributed by atoms with E-state index in [4.69, 9.17) is 27.9 Å². The molecule has 2 aliphatic rings. The average Bonchev–Trinajstić information content (AvgIpc) is 3.44. The summed E-state index contributed by atoms with van der Waals surface area (Å²) in [7, 11) is 0. The molecule has 8 heteroatoms. The van der Waals surface area contributed by atoms with Gasteiger partial charge in [-0.15, -0.1) is 23.2 Å². The molecule has 0 aromatic heterocycles. The minimum absolute atomic E-state index is 0.174. The molecule has 0 bridgehead atoms. The molecule has 1 unspecified atom stereocenters. The van der Waals surface area contributed by atoms with Gasteiger partial charge in [-0.1, -0.05) is 6.07 Å². The van der Waals surface area contributed by atoms with Gasteiger partial charge in [-0.3, -0.25) is 14.4 Å². The average molecular weight is 385 g/mol. The van der Waals surface area contributed by atoms with E-state index in [2.05, 4.69) is 10.6 Å². The third kappa shape index (κ3) is 4.07. The van der Waals surface area contributed by atoms with Crippen molar-refractivity contribution in [1.29, 1.82) is 0 Å². The van der Waals surface area contributed by atoms with Gasteiger partial charge in [0.05, 0.1) is 0 Å². The highest BCUT2D eigenvalue weighted by molar-refractivity contribution is 6.53. The fourth-order valence-electron chi connectivity index (χ4n) is 2.34. The number of anilines is 1. The number of carbonyl (C=O) groups is 3. The molecular formula is C17H18Cl2N2O4. The van der Waals surface area contributed by atoms with Crippen LogP contribution in [0.2, 0.25) is 0 Å². The zero-order valence-electron chi connectivity index (χ0n) is 13.6. The van der Waals surface area contributed by atoms with E-state index < -0.39 is 28.2 Å². The summed E-state index contributed by atoms with van der Waals surface area (Å²) >= 11 is 11.8. The summed E-state index contributed by atoms with van der Waals surface area (Å²) in [6.45, 7) is 1.14. The molecule has 0 saturated heterocycles. The second-order valence-electron chi connectivity index (χ2n) is 6.67. The van der Waals surface area contributed by atoms with Crippen molar-refractivity contribution in [2.24, 2.45) is 5.41 Å². The van der Waals surface area contributed by atoms with Gasteiger partial charge in [0.25, 0.3) is 11.8 Å². The summed E-state index contributed by atoms with van der Waals surface area (Å²) in [5.74, 6) is -1.29. The van der Waals surface area contributed by atoms with Crippen LogP contribution in [0.4, 0.5) is 5.69 Å². The Kier molecular flexibility index (Phi) is 4.68. The molecule has 0 heterocycles. The molecule has 0 radical (unpaired) electrons. The van der Waals surface area contributed by atoms with E-state index in [0.29, 0.717) is 17.7 Å². The first kappa shape index (κ1) is 18.0.